The quantitative estimate of drug-likeness (QED) is 0.608. The first-order chi connectivity index (χ1) is 14.7. The van der Waals surface area contributed by atoms with E-state index in [2.05, 4.69) is 22.1 Å². The van der Waals surface area contributed by atoms with Crippen molar-refractivity contribution in [3.05, 3.63) is 54.2 Å². The highest BCUT2D eigenvalue weighted by atomic mass is 16.5. The second-order valence-electron chi connectivity index (χ2n) is 6.07. The van der Waals surface area contributed by atoms with Crippen molar-refractivity contribution in [2.75, 3.05) is 34.5 Å². The molecule has 3 rings (SSSR count). The van der Waals surface area contributed by atoms with Crippen LogP contribution in [0.15, 0.2) is 48.7 Å². The van der Waals surface area contributed by atoms with Crippen LogP contribution in [0.5, 0.6) is 23.0 Å². The summed E-state index contributed by atoms with van der Waals surface area (Å²) in [6.07, 6.45) is 1.72. The molecule has 2 aromatic carbocycles. The Bertz CT molecular complexity index is 1070. The average molecular weight is 406 g/mol. The van der Waals surface area contributed by atoms with Crippen molar-refractivity contribution in [2.45, 2.75) is 0 Å². The van der Waals surface area contributed by atoms with Gasteiger partial charge in [-0.05, 0) is 24.3 Å². The molecule has 154 valence electrons. The van der Waals surface area contributed by atoms with Crippen molar-refractivity contribution < 1.29 is 23.7 Å². The molecule has 1 heterocycles. The fraction of sp³-hybridized carbons (Fsp3) is 0.217. The molecule has 0 unspecified atom stereocenters. The lowest BCUT2D eigenvalue weighted by molar-refractivity contribution is 0.0958. The van der Waals surface area contributed by atoms with Crippen molar-refractivity contribution in [1.82, 2.24) is 10.3 Å². The Labute approximate surface area is 174 Å². The number of nitrogens with one attached hydrogen (secondary N) is 1. The van der Waals surface area contributed by atoms with E-state index >= 15 is 0 Å². The zero-order chi connectivity index (χ0) is 21.3. The van der Waals surface area contributed by atoms with Crippen molar-refractivity contribution >= 4 is 16.8 Å². The molecule has 0 bridgehead atoms. The number of ether oxygens (including phenoxy) is 4. The number of carbonyl (C=O) groups is 1. The summed E-state index contributed by atoms with van der Waals surface area (Å²) < 4.78 is 21.5. The van der Waals surface area contributed by atoms with Gasteiger partial charge in [0.25, 0.3) is 5.91 Å². The summed E-state index contributed by atoms with van der Waals surface area (Å²) in [5.41, 5.74) is 1.17. The van der Waals surface area contributed by atoms with Crippen LogP contribution < -0.4 is 24.3 Å². The number of benzene rings is 2. The van der Waals surface area contributed by atoms with E-state index in [0.29, 0.717) is 28.6 Å². The molecule has 0 atom stereocenters. The van der Waals surface area contributed by atoms with Gasteiger partial charge in [0.15, 0.2) is 11.5 Å². The zero-order valence-corrected chi connectivity index (χ0v) is 17.0. The number of methoxy groups -OCH3 is 3. The summed E-state index contributed by atoms with van der Waals surface area (Å²) in [6.45, 7) is 0.363. The number of hydrogen-bond acceptors (Lipinski definition) is 6. The van der Waals surface area contributed by atoms with Crippen LogP contribution in [0.3, 0.4) is 0 Å². The molecule has 1 amide bonds. The minimum Gasteiger partial charge on any atom is -0.493 e. The first kappa shape index (κ1) is 20.8. The van der Waals surface area contributed by atoms with Crippen LogP contribution in [0.25, 0.3) is 10.9 Å². The third kappa shape index (κ3) is 4.73. The summed E-state index contributed by atoms with van der Waals surface area (Å²) in [6, 6.07) is 12.7. The second kappa shape index (κ2) is 10.0. The van der Waals surface area contributed by atoms with E-state index in [4.69, 9.17) is 18.9 Å². The molecule has 0 fully saturated rings. The van der Waals surface area contributed by atoms with Gasteiger partial charge >= 0.3 is 0 Å². The first-order valence-electron chi connectivity index (χ1n) is 9.18. The van der Waals surface area contributed by atoms with Gasteiger partial charge in [0, 0.05) is 17.1 Å². The van der Waals surface area contributed by atoms with Crippen LogP contribution in [0.1, 0.15) is 10.4 Å². The predicted octanol–water partition coefficient (Wildman–Crippen LogP) is 3.07. The predicted molar refractivity (Wildman–Crippen MR) is 113 cm³/mol. The number of nitrogens with zero attached hydrogens (tertiary/aromatic N) is 1. The standard InChI is InChI=1S/C23H22N2O5/c1-27-19-14-17(15-20(28-2)22(19)29-3)23(26)25-11-4-5-13-30-18-10-6-8-16-9-7-12-24-21(16)18/h6-10,12,14-15H,11,13H2,1-3H3,(H,25,26). The number of carbonyl (C=O) groups excluding carboxylic acids is 1. The molecule has 0 aliphatic carbocycles. The maximum atomic E-state index is 12.4. The second-order valence-corrected chi connectivity index (χ2v) is 6.07. The molecule has 0 saturated carbocycles. The summed E-state index contributed by atoms with van der Waals surface area (Å²) in [4.78, 5) is 16.7. The lowest BCUT2D eigenvalue weighted by Crippen LogP contribution is -2.23. The number of aromatic nitrogens is 1. The van der Waals surface area contributed by atoms with E-state index < -0.39 is 0 Å². The van der Waals surface area contributed by atoms with Crippen LogP contribution in [0, 0.1) is 11.8 Å². The third-order valence-corrected chi connectivity index (χ3v) is 4.28. The highest BCUT2D eigenvalue weighted by molar-refractivity contribution is 5.95. The number of hydrogen-bond donors (Lipinski definition) is 1. The van der Waals surface area contributed by atoms with Crippen LogP contribution in [-0.2, 0) is 0 Å². The van der Waals surface area contributed by atoms with E-state index in [9.17, 15) is 4.79 Å². The summed E-state index contributed by atoms with van der Waals surface area (Å²) in [5.74, 6) is 7.36. The van der Waals surface area contributed by atoms with E-state index in [1.54, 1.807) is 18.3 Å². The topological polar surface area (TPSA) is 78.9 Å². The molecule has 1 aromatic heterocycles. The normalized spacial score (nSPS) is 9.97. The number of fused-ring (bicyclic) bond motifs is 1. The van der Waals surface area contributed by atoms with Crippen LogP contribution in [-0.4, -0.2) is 45.4 Å². The van der Waals surface area contributed by atoms with Crippen LogP contribution in [0.4, 0.5) is 0 Å². The van der Waals surface area contributed by atoms with Gasteiger partial charge in [-0.2, -0.15) is 0 Å². The Kier molecular flexibility index (Phi) is 6.95. The Morgan fingerprint density at radius 3 is 2.40 bits per heavy atom. The zero-order valence-electron chi connectivity index (χ0n) is 17.0. The monoisotopic (exact) mass is 406 g/mol. The molecule has 0 saturated heterocycles. The lowest BCUT2D eigenvalue weighted by Gasteiger charge is -2.13. The molecule has 0 radical (unpaired) electrons. The first-order valence-corrected chi connectivity index (χ1v) is 9.18. The van der Waals surface area contributed by atoms with Gasteiger partial charge in [0.1, 0.15) is 17.9 Å². The molecular weight excluding hydrogens is 384 g/mol. The number of para-hydroxylation sites is 1. The van der Waals surface area contributed by atoms with Crippen LogP contribution in [0.2, 0.25) is 0 Å². The molecule has 0 aliphatic heterocycles. The van der Waals surface area contributed by atoms with Gasteiger partial charge in [-0.15, -0.1) is 0 Å². The average Bonchev–Trinajstić information content (AvgIpc) is 2.80. The van der Waals surface area contributed by atoms with Crippen molar-refractivity contribution in [3.63, 3.8) is 0 Å². The van der Waals surface area contributed by atoms with Gasteiger partial charge in [0.05, 0.1) is 27.9 Å². The van der Waals surface area contributed by atoms with Crippen LogP contribution >= 0.6 is 0 Å². The van der Waals surface area contributed by atoms with E-state index in [1.807, 2.05) is 30.3 Å². The lowest BCUT2D eigenvalue weighted by atomic mass is 10.1. The molecule has 1 N–H and O–H groups in total. The molecule has 30 heavy (non-hydrogen) atoms. The Hall–Kier alpha value is -3.92. The highest BCUT2D eigenvalue weighted by Gasteiger charge is 2.16. The molecule has 0 aliphatic rings. The van der Waals surface area contributed by atoms with Gasteiger partial charge in [-0.3, -0.25) is 9.78 Å². The van der Waals surface area contributed by atoms with E-state index in [1.165, 1.54) is 21.3 Å². The van der Waals surface area contributed by atoms with Crippen molar-refractivity contribution in [2.24, 2.45) is 0 Å². The Morgan fingerprint density at radius 1 is 0.967 bits per heavy atom. The minimum atomic E-state index is -0.303. The van der Waals surface area contributed by atoms with Gasteiger partial charge < -0.3 is 24.3 Å². The molecule has 7 nitrogen and oxygen atoms in total. The third-order valence-electron chi connectivity index (χ3n) is 4.28. The maximum Gasteiger partial charge on any atom is 0.252 e. The maximum absolute atomic E-state index is 12.4. The highest BCUT2D eigenvalue weighted by Crippen LogP contribution is 2.38. The number of rotatable bonds is 7. The number of amides is 1. The molecule has 7 heteroatoms. The summed E-state index contributed by atoms with van der Waals surface area (Å²) >= 11 is 0. The number of pyridine rings is 1. The Balaban J connectivity index is 1.57. The Morgan fingerprint density at radius 2 is 1.70 bits per heavy atom. The molecule has 3 aromatic rings. The smallest absolute Gasteiger partial charge is 0.252 e. The minimum absolute atomic E-state index is 0.173. The van der Waals surface area contributed by atoms with Gasteiger partial charge in [0.2, 0.25) is 5.75 Å². The molecular formula is C23H22N2O5. The molecule has 0 spiro atoms. The van der Waals surface area contributed by atoms with E-state index in [0.717, 1.165) is 10.9 Å². The van der Waals surface area contributed by atoms with E-state index in [-0.39, 0.29) is 19.1 Å². The summed E-state index contributed by atoms with van der Waals surface area (Å²) in [5, 5.41) is 3.74. The van der Waals surface area contributed by atoms with Gasteiger partial charge in [-0.25, -0.2) is 0 Å². The van der Waals surface area contributed by atoms with Crippen molar-refractivity contribution in [3.8, 4) is 34.8 Å². The largest absolute Gasteiger partial charge is 0.493 e. The summed E-state index contributed by atoms with van der Waals surface area (Å²) in [7, 11) is 4.50. The fourth-order valence-corrected chi connectivity index (χ4v) is 2.86. The fourth-order valence-electron chi connectivity index (χ4n) is 2.86. The van der Waals surface area contributed by atoms with Crippen molar-refractivity contribution in [1.29, 1.82) is 0 Å². The SMILES string of the molecule is COc1cc(C(=O)NCC#CCOc2cccc3cccnc23)cc(OC)c1OC. The van der Waals surface area contributed by atoms with Gasteiger partial charge in [-0.1, -0.05) is 30.0 Å².